The van der Waals surface area contributed by atoms with Gasteiger partial charge in [0.1, 0.15) is 6.54 Å². The van der Waals surface area contributed by atoms with E-state index < -0.39 is 29.6 Å². The Morgan fingerprint density at radius 2 is 1.97 bits per heavy atom. The first kappa shape index (κ1) is 28.5. The molecule has 0 unspecified atom stereocenters. The molecule has 2 N–H and O–H groups in total. The highest BCUT2D eigenvalue weighted by molar-refractivity contribution is 9.10. The summed E-state index contributed by atoms with van der Waals surface area (Å²) in [5, 5.41) is 12.2. The Hall–Kier alpha value is -3.02. The Kier molecular flexibility index (Phi) is 10.0. The molecule has 3 amide bonds. The number of phenols is 1. The summed E-state index contributed by atoms with van der Waals surface area (Å²) >= 11 is 10.0. The van der Waals surface area contributed by atoms with Gasteiger partial charge in [0, 0.05) is 5.69 Å². The third-order valence-electron chi connectivity index (χ3n) is 5.02. The van der Waals surface area contributed by atoms with Gasteiger partial charge < -0.3 is 19.9 Å². The van der Waals surface area contributed by atoms with Crippen molar-refractivity contribution in [3.05, 3.63) is 55.9 Å². The smallest absolute Gasteiger partial charge is 0.339 e. The number of nitrogens with one attached hydrogen (secondary N) is 1. The van der Waals surface area contributed by atoms with Gasteiger partial charge in [-0.25, -0.2) is 4.79 Å². The lowest BCUT2D eigenvalue weighted by molar-refractivity contribution is -0.127. The van der Waals surface area contributed by atoms with Crippen LogP contribution in [-0.2, 0) is 14.3 Å². The lowest BCUT2D eigenvalue weighted by atomic mass is 10.2. The van der Waals surface area contributed by atoms with Crippen LogP contribution < -0.4 is 10.1 Å². The maximum atomic E-state index is 12.8. The summed E-state index contributed by atoms with van der Waals surface area (Å²) in [5.41, 5.74) is 0.871. The van der Waals surface area contributed by atoms with Crippen LogP contribution in [-0.4, -0.2) is 52.8 Å². The number of amides is 3. The maximum absolute atomic E-state index is 12.8. The van der Waals surface area contributed by atoms with Crippen LogP contribution in [0.5, 0.6) is 11.5 Å². The van der Waals surface area contributed by atoms with Crippen LogP contribution in [0.4, 0.5) is 10.5 Å². The second kappa shape index (κ2) is 13.0. The standard InChI is InChI=1S/C25H24BrClN2O7S/c1-3-5-8-36-24(33)16-12-15(6-7-18(16)27)28-21(30)13-29-23(32)20(37-25(29)34)11-14-9-17(26)22(31)19(10-14)35-4-2/h6-7,9-12,31H,3-5,8,13H2,1-2H3,(H,28,30)/b20-11+. The molecular formula is C25H24BrClN2O7S. The number of unbranched alkanes of at least 4 members (excludes halogenated alkanes) is 1. The number of carbonyl (C=O) groups excluding carboxylic acids is 4. The number of aromatic hydroxyl groups is 1. The van der Waals surface area contributed by atoms with E-state index in [0.717, 1.165) is 11.3 Å². The largest absolute Gasteiger partial charge is 0.503 e. The van der Waals surface area contributed by atoms with Crippen molar-refractivity contribution in [3.8, 4) is 11.5 Å². The second-order valence-electron chi connectivity index (χ2n) is 7.78. The molecule has 1 aliphatic heterocycles. The van der Waals surface area contributed by atoms with Crippen molar-refractivity contribution < 1.29 is 33.8 Å². The number of nitrogens with zero attached hydrogens (tertiary/aromatic N) is 1. The van der Waals surface area contributed by atoms with Gasteiger partial charge in [-0.05, 0) is 83.0 Å². The molecule has 196 valence electrons. The van der Waals surface area contributed by atoms with Gasteiger partial charge in [0.05, 0.1) is 33.2 Å². The number of rotatable bonds is 10. The van der Waals surface area contributed by atoms with Gasteiger partial charge in [-0.3, -0.25) is 19.3 Å². The zero-order valence-corrected chi connectivity index (χ0v) is 23.2. The first-order valence-corrected chi connectivity index (χ1v) is 13.3. The predicted octanol–water partition coefficient (Wildman–Crippen LogP) is 5.84. The molecule has 1 aliphatic rings. The van der Waals surface area contributed by atoms with Gasteiger partial charge in [0.15, 0.2) is 11.5 Å². The van der Waals surface area contributed by atoms with E-state index in [1.54, 1.807) is 13.0 Å². The van der Waals surface area contributed by atoms with Crippen molar-refractivity contribution in [2.75, 3.05) is 25.1 Å². The fourth-order valence-electron chi connectivity index (χ4n) is 3.22. The fourth-order valence-corrected chi connectivity index (χ4v) is 4.71. The predicted molar refractivity (Wildman–Crippen MR) is 145 cm³/mol. The summed E-state index contributed by atoms with van der Waals surface area (Å²) in [4.78, 5) is 51.1. The summed E-state index contributed by atoms with van der Waals surface area (Å²) in [6.07, 6.45) is 3.05. The normalized spacial score (nSPS) is 14.3. The van der Waals surface area contributed by atoms with Gasteiger partial charge in [0.25, 0.3) is 11.1 Å². The number of thioether (sulfide) groups is 1. The van der Waals surface area contributed by atoms with E-state index in [4.69, 9.17) is 21.1 Å². The quantitative estimate of drug-likeness (QED) is 0.195. The average Bonchev–Trinajstić information content (AvgIpc) is 3.10. The molecule has 0 spiro atoms. The molecule has 2 aromatic carbocycles. The number of phenolic OH excluding ortho intramolecular Hbond substituents is 1. The Morgan fingerprint density at radius 3 is 2.68 bits per heavy atom. The van der Waals surface area contributed by atoms with Crippen LogP contribution in [0.2, 0.25) is 5.02 Å². The number of hydrogen-bond donors (Lipinski definition) is 2. The number of ether oxygens (including phenoxy) is 2. The summed E-state index contributed by atoms with van der Waals surface area (Å²) in [6.45, 7) is 3.78. The summed E-state index contributed by atoms with van der Waals surface area (Å²) in [7, 11) is 0. The van der Waals surface area contributed by atoms with Gasteiger partial charge in [0.2, 0.25) is 5.91 Å². The Bertz CT molecular complexity index is 1270. The average molecular weight is 612 g/mol. The lowest BCUT2D eigenvalue weighted by Crippen LogP contribution is -2.36. The third kappa shape index (κ3) is 7.27. The summed E-state index contributed by atoms with van der Waals surface area (Å²) < 4.78 is 10.9. The SMILES string of the molecule is CCCCOC(=O)c1cc(NC(=O)CN2C(=O)S/C(=C/c3cc(Br)c(O)c(OCC)c3)C2=O)ccc1Cl. The molecule has 1 fully saturated rings. The molecule has 0 aromatic heterocycles. The van der Waals surface area contributed by atoms with Crippen LogP contribution in [0.15, 0.2) is 39.7 Å². The molecule has 2 aromatic rings. The summed E-state index contributed by atoms with van der Waals surface area (Å²) in [6, 6.07) is 7.43. The van der Waals surface area contributed by atoms with Gasteiger partial charge in [-0.15, -0.1) is 0 Å². The third-order valence-corrected chi connectivity index (χ3v) is 6.87. The maximum Gasteiger partial charge on any atom is 0.339 e. The number of esters is 1. The van der Waals surface area contributed by atoms with Crippen molar-refractivity contribution in [2.45, 2.75) is 26.7 Å². The van der Waals surface area contributed by atoms with Crippen molar-refractivity contribution in [1.29, 1.82) is 0 Å². The highest BCUT2D eigenvalue weighted by Crippen LogP contribution is 2.38. The highest BCUT2D eigenvalue weighted by Gasteiger charge is 2.36. The van der Waals surface area contributed by atoms with E-state index in [2.05, 4.69) is 21.2 Å². The van der Waals surface area contributed by atoms with Crippen LogP contribution >= 0.6 is 39.3 Å². The van der Waals surface area contributed by atoms with Crippen LogP contribution in [0.25, 0.3) is 6.08 Å². The number of imide groups is 1. The molecule has 0 aliphatic carbocycles. The molecule has 9 nitrogen and oxygen atoms in total. The number of anilines is 1. The Morgan fingerprint density at radius 1 is 1.22 bits per heavy atom. The van der Waals surface area contributed by atoms with E-state index in [1.807, 2.05) is 6.92 Å². The van der Waals surface area contributed by atoms with Gasteiger partial charge in [-0.1, -0.05) is 24.9 Å². The minimum Gasteiger partial charge on any atom is -0.503 e. The molecule has 12 heteroatoms. The summed E-state index contributed by atoms with van der Waals surface area (Å²) in [5.74, 6) is -1.74. The van der Waals surface area contributed by atoms with Crippen LogP contribution in [0.1, 0.15) is 42.6 Å². The molecule has 0 radical (unpaired) electrons. The minimum atomic E-state index is -0.637. The van der Waals surface area contributed by atoms with Crippen molar-refractivity contribution >= 4 is 74.1 Å². The minimum absolute atomic E-state index is 0.0802. The number of carbonyl (C=O) groups is 4. The fraction of sp³-hybridized carbons (Fsp3) is 0.280. The van der Waals surface area contributed by atoms with Crippen molar-refractivity contribution in [1.82, 2.24) is 4.90 Å². The van der Waals surface area contributed by atoms with Crippen LogP contribution in [0.3, 0.4) is 0 Å². The lowest BCUT2D eigenvalue weighted by Gasteiger charge is -2.13. The molecular weight excluding hydrogens is 588 g/mol. The number of halogens is 2. The van der Waals surface area contributed by atoms with Crippen LogP contribution in [0, 0.1) is 0 Å². The molecule has 0 bridgehead atoms. The molecule has 1 heterocycles. The van der Waals surface area contributed by atoms with E-state index in [1.165, 1.54) is 30.3 Å². The second-order valence-corrected chi connectivity index (χ2v) is 10.0. The molecule has 1 saturated heterocycles. The Labute approximate surface area is 231 Å². The first-order valence-electron chi connectivity index (χ1n) is 11.3. The number of benzene rings is 2. The van der Waals surface area contributed by atoms with Crippen molar-refractivity contribution in [3.63, 3.8) is 0 Å². The van der Waals surface area contributed by atoms with E-state index in [0.29, 0.717) is 34.8 Å². The first-order chi connectivity index (χ1) is 17.6. The zero-order chi connectivity index (χ0) is 27.1. The van der Waals surface area contributed by atoms with E-state index in [9.17, 15) is 24.3 Å². The van der Waals surface area contributed by atoms with Gasteiger partial charge >= 0.3 is 5.97 Å². The van der Waals surface area contributed by atoms with E-state index >= 15 is 0 Å². The Balaban J connectivity index is 1.70. The monoisotopic (exact) mass is 610 g/mol. The topological polar surface area (TPSA) is 122 Å². The van der Waals surface area contributed by atoms with E-state index in [-0.39, 0.29) is 39.3 Å². The van der Waals surface area contributed by atoms with Gasteiger partial charge in [-0.2, -0.15) is 0 Å². The highest BCUT2D eigenvalue weighted by atomic mass is 79.9. The zero-order valence-electron chi connectivity index (χ0n) is 20.0. The molecule has 37 heavy (non-hydrogen) atoms. The van der Waals surface area contributed by atoms with Crippen molar-refractivity contribution in [2.24, 2.45) is 0 Å². The molecule has 0 saturated carbocycles. The molecule has 3 rings (SSSR count). The molecule has 0 atom stereocenters. The number of hydrogen-bond acceptors (Lipinski definition) is 8.